The van der Waals surface area contributed by atoms with E-state index in [1.807, 2.05) is 0 Å². The molecule has 0 amide bonds. The minimum absolute atomic E-state index is 0.351. The van der Waals surface area contributed by atoms with Crippen LogP contribution in [0.4, 0.5) is 0 Å². The molecule has 3 fully saturated rings. The van der Waals surface area contributed by atoms with Gasteiger partial charge in [0.2, 0.25) is 0 Å². The zero-order valence-corrected chi connectivity index (χ0v) is 15.7. The van der Waals surface area contributed by atoms with Crippen LogP contribution in [0.25, 0.3) is 0 Å². The Balaban J connectivity index is 1.32. The molecule has 24 heavy (non-hydrogen) atoms. The van der Waals surface area contributed by atoms with Crippen molar-refractivity contribution in [2.45, 2.75) is 77.7 Å². The van der Waals surface area contributed by atoms with Gasteiger partial charge in [-0.15, -0.1) is 0 Å². The third-order valence-corrected chi connectivity index (χ3v) is 7.60. The van der Waals surface area contributed by atoms with E-state index in [4.69, 9.17) is 4.74 Å². The van der Waals surface area contributed by atoms with Crippen LogP contribution in [0.1, 0.15) is 77.2 Å². The quantitative estimate of drug-likeness (QED) is 0.585. The summed E-state index contributed by atoms with van der Waals surface area (Å²) in [5, 5.41) is 0. The largest absolute Gasteiger partial charge is 0.491 e. The van der Waals surface area contributed by atoms with Crippen molar-refractivity contribution in [1.82, 2.24) is 0 Å². The fraction of sp³-hybridized carbons (Fsp3) is 0.739. The highest BCUT2D eigenvalue weighted by molar-refractivity contribution is 5.29. The van der Waals surface area contributed by atoms with Gasteiger partial charge in [0.15, 0.2) is 0 Å². The van der Waals surface area contributed by atoms with Crippen LogP contribution in [0.3, 0.4) is 0 Å². The van der Waals surface area contributed by atoms with Crippen molar-refractivity contribution >= 4 is 0 Å². The first-order valence-electron chi connectivity index (χ1n) is 10.4. The molecule has 1 aromatic carbocycles. The summed E-state index contributed by atoms with van der Waals surface area (Å²) in [7, 11) is 0. The smallest absolute Gasteiger partial charge is 0.119 e. The lowest BCUT2D eigenvalue weighted by Crippen LogP contribution is -2.28. The molecule has 132 valence electrons. The summed E-state index contributed by atoms with van der Waals surface area (Å²) in [6, 6.07) is 8.84. The monoisotopic (exact) mass is 326 g/mol. The number of fused-ring (bicyclic) bond motifs is 5. The van der Waals surface area contributed by atoms with E-state index in [1.54, 1.807) is 0 Å². The molecule has 4 rings (SSSR count). The molecule has 3 aliphatic carbocycles. The lowest BCUT2D eigenvalue weighted by Gasteiger charge is -2.33. The number of rotatable bonds is 6. The van der Waals surface area contributed by atoms with Gasteiger partial charge in [-0.2, -0.15) is 0 Å². The molecule has 1 heteroatoms. The molecule has 1 aromatic rings. The third kappa shape index (κ3) is 3.00. The number of hydrogen-bond donors (Lipinski definition) is 0. The maximum atomic E-state index is 6.26. The molecule has 0 heterocycles. The van der Waals surface area contributed by atoms with Crippen molar-refractivity contribution in [2.75, 3.05) is 0 Å². The van der Waals surface area contributed by atoms with Crippen LogP contribution in [0.5, 0.6) is 5.75 Å². The summed E-state index contributed by atoms with van der Waals surface area (Å²) < 4.78 is 6.26. The Morgan fingerprint density at radius 2 is 1.75 bits per heavy atom. The van der Waals surface area contributed by atoms with Gasteiger partial charge in [-0.3, -0.25) is 0 Å². The highest BCUT2D eigenvalue weighted by atomic mass is 16.5. The summed E-state index contributed by atoms with van der Waals surface area (Å²) in [6.07, 6.45) is 10.4. The van der Waals surface area contributed by atoms with Gasteiger partial charge in [0.1, 0.15) is 5.75 Å². The number of benzene rings is 1. The van der Waals surface area contributed by atoms with Crippen LogP contribution in [-0.4, -0.2) is 6.10 Å². The number of hydrogen-bond acceptors (Lipinski definition) is 1. The Hall–Kier alpha value is -0.980. The Labute approximate surface area is 148 Å². The minimum atomic E-state index is 0.351. The molecule has 1 nitrogen and oxygen atoms in total. The van der Waals surface area contributed by atoms with Crippen molar-refractivity contribution in [1.29, 1.82) is 0 Å². The molecular formula is C23H34O. The Kier molecular flexibility index (Phi) is 4.62. The summed E-state index contributed by atoms with van der Waals surface area (Å²) in [5.74, 6) is 6.91. The van der Waals surface area contributed by atoms with Gasteiger partial charge in [-0.25, -0.2) is 0 Å². The van der Waals surface area contributed by atoms with E-state index in [2.05, 4.69) is 45.0 Å². The van der Waals surface area contributed by atoms with Crippen LogP contribution >= 0.6 is 0 Å². The molecule has 7 atom stereocenters. The van der Waals surface area contributed by atoms with E-state index >= 15 is 0 Å². The molecule has 0 aromatic heterocycles. The highest BCUT2D eigenvalue weighted by Gasteiger charge is 2.53. The molecule has 0 radical (unpaired) electrons. The SMILES string of the molecule is CCC(C)c1ccc(OC(C)CC2CC3CC2C2CCCC32)cc1. The molecular weight excluding hydrogens is 292 g/mol. The molecule has 0 N–H and O–H groups in total. The normalized spacial score (nSPS) is 36.5. The van der Waals surface area contributed by atoms with Crippen LogP contribution < -0.4 is 4.74 Å². The second-order valence-corrected chi connectivity index (χ2v) is 8.96. The summed E-state index contributed by atoms with van der Waals surface area (Å²) in [4.78, 5) is 0. The van der Waals surface area contributed by atoms with Crippen LogP contribution in [0.2, 0.25) is 0 Å². The Morgan fingerprint density at radius 3 is 2.50 bits per heavy atom. The van der Waals surface area contributed by atoms with Crippen LogP contribution in [0, 0.1) is 29.6 Å². The first kappa shape index (κ1) is 16.5. The molecule has 0 saturated heterocycles. The summed E-state index contributed by atoms with van der Waals surface area (Å²) in [5.41, 5.74) is 1.43. The second-order valence-electron chi connectivity index (χ2n) is 8.96. The van der Waals surface area contributed by atoms with Crippen LogP contribution in [0.15, 0.2) is 24.3 Å². The zero-order chi connectivity index (χ0) is 16.7. The fourth-order valence-corrected chi connectivity index (χ4v) is 6.30. The van der Waals surface area contributed by atoms with Gasteiger partial charge < -0.3 is 4.74 Å². The zero-order valence-electron chi connectivity index (χ0n) is 15.7. The Bertz CT molecular complexity index is 548. The molecule has 2 bridgehead atoms. The van der Waals surface area contributed by atoms with Gasteiger partial charge in [-0.05, 0) is 98.7 Å². The summed E-state index contributed by atoms with van der Waals surface area (Å²) in [6.45, 7) is 6.83. The third-order valence-electron chi connectivity index (χ3n) is 7.60. The minimum Gasteiger partial charge on any atom is -0.491 e. The maximum absolute atomic E-state index is 6.26. The standard InChI is InChI=1S/C23H34O/c1-4-15(2)17-8-10-20(11-9-17)24-16(3)12-18-13-19-14-23(18)22-7-5-6-21(19)22/h8-11,15-16,18-19,21-23H,4-7,12-14H2,1-3H3. The van der Waals surface area contributed by atoms with E-state index in [9.17, 15) is 0 Å². The predicted molar refractivity (Wildman–Crippen MR) is 100 cm³/mol. The average Bonchev–Trinajstić information content (AvgIpc) is 3.27. The van der Waals surface area contributed by atoms with E-state index in [1.165, 1.54) is 50.5 Å². The van der Waals surface area contributed by atoms with Gasteiger partial charge in [-0.1, -0.05) is 32.4 Å². The van der Waals surface area contributed by atoms with E-state index in [-0.39, 0.29) is 0 Å². The highest BCUT2D eigenvalue weighted by Crippen LogP contribution is 2.61. The Morgan fingerprint density at radius 1 is 1.00 bits per heavy atom. The summed E-state index contributed by atoms with van der Waals surface area (Å²) >= 11 is 0. The van der Waals surface area contributed by atoms with Crippen molar-refractivity contribution in [2.24, 2.45) is 29.6 Å². The first-order valence-corrected chi connectivity index (χ1v) is 10.4. The van der Waals surface area contributed by atoms with Crippen molar-refractivity contribution in [3.05, 3.63) is 29.8 Å². The second kappa shape index (κ2) is 6.73. The number of ether oxygens (including phenoxy) is 1. The van der Waals surface area contributed by atoms with Gasteiger partial charge in [0, 0.05) is 0 Å². The molecule has 3 aliphatic rings. The van der Waals surface area contributed by atoms with Gasteiger partial charge in [0.25, 0.3) is 0 Å². The topological polar surface area (TPSA) is 9.23 Å². The average molecular weight is 327 g/mol. The lowest BCUT2D eigenvalue weighted by atomic mass is 9.74. The van der Waals surface area contributed by atoms with Crippen molar-refractivity contribution < 1.29 is 4.74 Å². The molecule has 0 aliphatic heterocycles. The maximum Gasteiger partial charge on any atom is 0.119 e. The van der Waals surface area contributed by atoms with E-state index in [0.29, 0.717) is 12.0 Å². The van der Waals surface area contributed by atoms with E-state index < -0.39 is 0 Å². The fourth-order valence-electron chi connectivity index (χ4n) is 6.30. The van der Waals surface area contributed by atoms with Crippen LogP contribution in [-0.2, 0) is 0 Å². The van der Waals surface area contributed by atoms with Gasteiger partial charge >= 0.3 is 0 Å². The van der Waals surface area contributed by atoms with Crippen molar-refractivity contribution in [3.63, 3.8) is 0 Å². The van der Waals surface area contributed by atoms with Gasteiger partial charge in [0.05, 0.1) is 6.10 Å². The molecule has 3 saturated carbocycles. The molecule has 7 unspecified atom stereocenters. The lowest BCUT2D eigenvalue weighted by molar-refractivity contribution is 0.123. The predicted octanol–water partition coefficient (Wildman–Crippen LogP) is 6.43. The first-order chi connectivity index (χ1) is 11.7. The molecule has 0 spiro atoms. The van der Waals surface area contributed by atoms with Crippen molar-refractivity contribution in [3.8, 4) is 5.75 Å². The van der Waals surface area contributed by atoms with E-state index in [0.717, 1.165) is 35.3 Å².